The van der Waals surface area contributed by atoms with Crippen LogP contribution in [-0.4, -0.2) is 36.0 Å². The molecule has 0 unspecified atom stereocenters. The number of hydrogen-bond acceptors (Lipinski definition) is 4. The highest BCUT2D eigenvalue weighted by Crippen LogP contribution is 2.27. The van der Waals surface area contributed by atoms with Gasteiger partial charge in [0, 0.05) is 18.3 Å². The Kier molecular flexibility index (Phi) is 4.49. The van der Waals surface area contributed by atoms with Gasteiger partial charge in [0.25, 0.3) is 5.91 Å². The number of anilines is 1. The Balaban J connectivity index is 1.96. The molecule has 20 heavy (non-hydrogen) atoms. The summed E-state index contributed by atoms with van der Waals surface area (Å²) in [7, 11) is 0. The van der Waals surface area contributed by atoms with Gasteiger partial charge in [0.2, 0.25) is 0 Å². The van der Waals surface area contributed by atoms with Crippen LogP contribution in [0.1, 0.15) is 30.1 Å². The Morgan fingerprint density at radius 1 is 1.45 bits per heavy atom. The number of benzene rings is 1. The van der Waals surface area contributed by atoms with Crippen molar-refractivity contribution < 1.29 is 14.3 Å². The Labute approximate surface area is 122 Å². The molecule has 0 spiro atoms. The number of carbonyl (C=O) groups excluding carboxylic acids is 2. The third-order valence-electron chi connectivity index (χ3n) is 3.23. The first-order chi connectivity index (χ1) is 9.54. The van der Waals surface area contributed by atoms with E-state index in [1.165, 1.54) is 0 Å². The van der Waals surface area contributed by atoms with Crippen molar-refractivity contribution >= 4 is 29.2 Å². The van der Waals surface area contributed by atoms with Crippen molar-refractivity contribution in [2.75, 3.05) is 18.9 Å². The molecule has 1 aromatic rings. The van der Waals surface area contributed by atoms with E-state index in [0.717, 1.165) is 12.8 Å². The van der Waals surface area contributed by atoms with Gasteiger partial charge < -0.3 is 15.4 Å². The predicted molar refractivity (Wildman–Crippen MR) is 76.6 cm³/mol. The van der Waals surface area contributed by atoms with E-state index >= 15 is 0 Å². The summed E-state index contributed by atoms with van der Waals surface area (Å²) in [5.41, 5.74) is 6.04. The monoisotopic (exact) mass is 296 g/mol. The molecule has 0 bridgehead atoms. The summed E-state index contributed by atoms with van der Waals surface area (Å²) >= 11 is 5.91. The molecule has 0 heterocycles. The Morgan fingerprint density at radius 2 is 2.15 bits per heavy atom. The first kappa shape index (κ1) is 14.7. The molecule has 0 atom stereocenters. The lowest BCUT2D eigenvalue weighted by molar-refractivity contribution is -0.134. The molecule has 0 aliphatic heterocycles. The predicted octanol–water partition coefficient (Wildman–Crippen LogP) is 2.09. The minimum Gasteiger partial charge on any atom is -0.452 e. The van der Waals surface area contributed by atoms with Crippen molar-refractivity contribution in [1.29, 1.82) is 0 Å². The van der Waals surface area contributed by atoms with Crippen molar-refractivity contribution in [2.45, 2.75) is 25.8 Å². The Morgan fingerprint density at radius 3 is 2.70 bits per heavy atom. The molecule has 1 aliphatic carbocycles. The third-order valence-corrected chi connectivity index (χ3v) is 3.54. The number of halogens is 1. The minimum absolute atomic E-state index is 0.108. The molecule has 1 saturated carbocycles. The third kappa shape index (κ3) is 3.22. The highest BCUT2D eigenvalue weighted by atomic mass is 35.5. The molecule has 2 rings (SSSR count). The van der Waals surface area contributed by atoms with E-state index in [1.807, 2.05) is 6.92 Å². The number of nitrogens with zero attached hydrogens (tertiary/aromatic N) is 1. The number of amides is 1. The average molecular weight is 297 g/mol. The number of rotatable bonds is 5. The first-order valence-corrected chi connectivity index (χ1v) is 6.93. The molecular weight excluding hydrogens is 280 g/mol. The molecule has 1 fully saturated rings. The molecule has 108 valence electrons. The second-order valence-electron chi connectivity index (χ2n) is 4.69. The highest BCUT2D eigenvalue weighted by molar-refractivity contribution is 6.34. The van der Waals surface area contributed by atoms with Crippen LogP contribution in [0.15, 0.2) is 18.2 Å². The van der Waals surface area contributed by atoms with Crippen molar-refractivity contribution in [3.8, 4) is 0 Å². The summed E-state index contributed by atoms with van der Waals surface area (Å²) in [5, 5.41) is 0.219. The fourth-order valence-corrected chi connectivity index (χ4v) is 2.32. The van der Waals surface area contributed by atoms with Gasteiger partial charge in [0.15, 0.2) is 6.61 Å². The van der Waals surface area contributed by atoms with Crippen LogP contribution in [-0.2, 0) is 9.53 Å². The van der Waals surface area contributed by atoms with Crippen LogP contribution in [0.3, 0.4) is 0 Å². The van der Waals surface area contributed by atoms with Gasteiger partial charge in [0.05, 0.1) is 5.02 Å². The Hall–Kier alpha value is -1.75. The van der Waals surface area contributed by atoms with Crippen LogP contribution in [0.25, 0.3) is 0 Å². The summed E-state index contributed by atoms with van der Waals surface area (Å²) in [4.78, 5) is 25.6. The highest BCUT2D eigenvalue weighted by Gasteiger charge is 2.31. The molecule has 1 aromatic carbocycles. The van der Waals surface area contributed by atoms with Crippen LogP contribution in [0.4, 0.5) is 5.69 Å². The summed E-state index contributed by atoms with van der Waals surface area (Å²) < 4.78 is 5.02. The standard InChI is InChI=1S/C14H17ClN2O3/c1-2-17(9-6-7-9)12(18)8-20-14(19)13-10(15)4-3-5-11(13)16/h3-5,9H,2,6-8,16H2,1H3. The van der Waals surface area contributed by atoms with Crippen molar-refractivity contribution in [3.63, 3.8) is 0 Å². The smallest absolute Gasteiger partial charge is 0.342 e. The number of likely N-dealkylation sites (N-methyl/N-ethyl adjacent to an activating group) is 1. The molecule has 2 N–H and O–H groups in total. The second kappa shape index (κ2) is 6.13. The minimum atomic E-state index is -0.673. The SMILES string of the molecule is CCN(C(=O)COC(=O)c1c(N)cccc1Cl)C1CC1. The zero-order valence-electron chi connectivity index (χ0n) is 11.3. The van der Waals surface area contributed by atoms with Crippen LogP contribution in [0, 0.1) is 0 Å². The number of esters is 1. The number of nitrogens with two attached hydrogens (primary N) is 1. The van der Waals surface area contributed by atoms with Gasteiger partial charge >= 0.3 is 5.97 Å². The molecular formula is C14H17ClN2O3. The van der Waals surface area contributed by atoms with E-state index in [9.17, 15) is 9.59 Å². The van der Waals surface area contributed by atoms with E-state index in [1.54, 1.807) is 23.1 Å². The fraction of sp³-hybridized carbons (Fsp3) is 0.429. The van der Waals surface area contributed by atoms with Crippen LogP contribution < -0.4 is 5.73 Å². The largest absolute Gasteiger partial charge is 0.452 e. The lowest BCUT2D eigenvalue weighted by atomic mass is 10.2. The van der Waals surface area contributed by atoms with E-state index in [4.69, 9.17) is 22.1 Å². The summed E-state index contributed by atoms with van der Waals surface area (Å²) in [5.74, 6) is -0.859. The zero-order chi connectivity index (χ0) is 14.7. The topological polar surface area (TPSA) is 72.6 Å². The normalized spacial score (nSPS) is 13.9. The van der Waals surface area contributed by atoms with Crippen LogP contribution in [0.5, 0.6) is 0 Å². The van der Waals surface area contributed by atoms with Gasteiger partial charge in [-0.3, -0.25) is 4.79 Å². The fourth-order valence-electron chi connectivity index (χ4n) is 2.06. The van der Waals surface area contributed by atoms with E-state index in [2.05, 4.69) is 0 Å². The number of carbonyl (C=O) groups is 2. The quantitative estimate of drug-likeness (QED) is 0.667. The lowest BCUT2D eigenvalue weighted by Crippen LogP contribution is -2.36. The maximum Gasteiger partial charge on any atom is 0.342 e. The number of hydrogen-bond donors (Lipinski definition) is 1. The first-order valence-electron chi connectivity index (χ1n) is 6.55. The van der Waals surface area contributed by atoms with E-state index in [0.29, 0.717) is 12.6 Å². The van der Waals surface area contributed by atoms with Crippen LogP contribution >= 0.6 is 11.6 Å². The molecule has 5 nitrogen and oxygen atoms in total. The summed E-state index contributed by atoms with van der Waals surface area (Å²) in [6, 6.07) is 5.06. The van der Waals surface area contributed by atoms with E-state index < -0.39 is 5.97 Å². The molecule has 0 radical (unpaired) electrons. The maximum atomic E-state index is 11.9. The second-order valence-corrected chi connectivity index (χ2v) is 5.10. The van der Waals surface area contributed by atoms with Crippen molar-refractivity contribution in [3.05, 3.63) is 28.8 Å². The van der Waals surface area contributed by atoms with Gasteiger partial charge in [-0.15, -0.1) is 0 Å². The maximum absolute atomic E-state index is 11.9. The molecule has 0 saturated heterocycles. The van der Waals surface area contributed by atoms with E-state index in [-0.39, 0.29) is 28.8 Å². The van der Waals surface area contributed by atoms with Gasteiger partial charge in [-0.2, -0.15) is 0 Å². The summed E-state index contributed by atoms with van der Waals surface area (Å²) in [6.45, 7) is 2.24. The lowest BCUT2D eigenvalue weighted by Gasteiger charge is -2.20. The molecule has 6 heteroatoms. The molecule has 0 aromatic heterocycles. The summed E-state index contributed by atoms with van der Waals surface area (Å²) in [6.07, 6.45) is 2.04. The zero-order valence-corrected chi connectivity index (χ0v) is 12.0. The van der Waals surface area contributed by atoms with Gasteiger partial charge in [0.1, 0.15) is 5.56 Å². The molecule has 1 aliphatic rings. The average Bonchev–Trinajstić information content (AvgIpc) is 3.21. The van der Waals surface area contributed by atoms with Crippen LogP contribution in [0.2, 0.25) is 5.02 Å². The number of ether oxygens (including phenoxy) is 1. The van der Waals surface area contributed by atoms with Crippen molar-refractivity contribution in [2.24, 2.45) is 0 Å². The molecule has 1 amide bonds. The number of nitrogen functional groups attached to an aromatic ring is 1. The Bertz CT molecular complexity index is 509. The van der Waals surface area contributed by atoms with Gasteiger partial charge in [-0.1, -0.05) is 17.7 Å². The van der Waals surface area contributed by atoms with Gasteiger partial charge in [-0.25, -0.2) is 4.79 Å². The van der Waals surface area contributed by atoms with Gasteiger partial charge in [-0.05, 0) is 31.9 Å². The van der Waals surface area contributed by atoms with Crippen molar-refractivity contribution in [1.82, 2.24) is 4.90 Å².